The third-order valence-corrected chi connectivity index (χ3v) is 6.15. The van der Waals surface area contributed by atoms with Crippen LogP contribution in [0.15, 0.2) is 0 Å². The molecule has 4 atom stereocenters. The lowest BCUT2D eigenvalue weighted by molar-refractivity contribution is -0.139. The number of carboxylic acids is 1. The molecule has 164 valence electrons. The fraction of sp³-hybridized carbons (Fsp3) is 0.913. The Labute approximate surface area is 171 Å². The van der Waals surface area contributed by atoms with Crippen molar-refractivity contribution in [3.63, 3.8) is 0 Å². The van der Waals surface area contributed by atoms with Gasteiger partial charge in [-0.1, -0.05) is 52.9 Å². The van der Waals surface area contributed by atoms with E-state index in [4.69, 9.17) is 5.11 Å². The Balaban J connectivity index is 2.46. The molecule has 0 bridgehead atoms. The number of rotatable bonds is 15. The minimum Gasteiger partial charge on any atom is -0.481 e. The van der Waals surface area contributed by atoms with Gasteiger partial charge in [0, 0.05) is 25.4 Å². The number of nitrogens with zero attached hydrogens (tertiary/aromatic N) is 1. The molecule has 0 spiro atoms. The number of aliphatic hydroxyl groups is 1. The normalized spacial score (nSPS) is 20.8. The van der Waals surface area contributed by atoms with E-state index in [1.807, 2.05) is 0 Å². The summed E-state index contributed by atoms with van der Waals surface area (Å²) in [6.07, 6.45) is 11.4. The average molecular weight is 398 g/mol. The van der Waals surface area contributed by atoms with Crippen molar-refractivity contribution in [1.29, 1.82) is 0 Å². The first-order valence-electron chi connectivity index (χ1n) is 11.5. The van der Waals surface area contributed by atoms with Crippen molar-refractivity contribution >= 4 is 11.9 Å². The largest absolute Gasteiger partial charge is 0.481 e. The fourth-order valence-corrected chi connectivity index (χ4v) is 4.48. The van der Waals surface area contributed by atoms with E-state index >= 15 is 0 Å². The van der Waals surface area contributed by atoms with E-state index in [0.29, 0.717) is 18.3 Å². The third kappa shape index (κ3) is 9.90. The van der Waals surface area contributed by atoms with E-state index in [0.717, 1.165) is 64.3 Å². The first-order valence-corrected chi connectivity index (χ1v) is 11.5. The van der Waals surface area contributed by atoms with Crippen molar-refractivity contribution in [2.75, 3.05) is 6.54 Å². The Morgan fingerprint density at radius 3 is 2.54 bits per heavy atom. The second kappa shape index (κ2) is 14.0. The van der Waals surface area contributed by atoms with Crippen LogP contribution in [0.3, 0.4) is 0 Å². The number of carbonyl (C=O) groups is 2. The number of carbonyl (C=O) groups excluding carboxylic acids is 1. The first kappa shape index (κ1) is 24.9. The predicted octanol–water partition coefficient (Wildman–Crippen LogP) is 5.01. The number of piperidine rings is 1. The summed E-state index contributed by atoms with van der Waals surface area (Å²) in [5, 5.41) is 19.1. The molecular weight excluding hydrogens is 354 g/mol. The third-order valence-electron chi connectivity index (χ3n) is 6.15. The molecule has 2 N–H and O–H groups in total. The molecule has 1 saturated heterocycles. The molecule has 1 heterocycles. The van der Waals surface area contributed by atoms with Gasteiger partial charge in [-0.15, -0.1) is 0 Å². The van der Waals surface area contributed by atoms with Crippen molar-refractivity contribution < 1.29 is 19.8 Å². The van der Waals surface area contributed by atoms with E-state index in [9.17, 15) is 14.7 Å². The highest BCUT2D eigenvalue weighted by Crippen LogP contribution is 2.29. The van der Waals surface area contributed by atoms with E-state index in [1.54, 1.807) is 0 Å². The fourth-order valence-electron chi connectivity index (χ4n) is 4.48. The highest BCUT2D eigenvalue weighted by atomic mass is 16.4. The van der Waals surface area contributed by atoms with Crippen LogP contribution in [0.2, 0.25) is 0 Å². The van der Waals surface area contributed by atoms with Gasteiger partial charge in [0.05, 0.1) is 6.10 Å². The molecule has 0 saturated carbocycles. The zero-order valence-electron chi connectivity index (χ0n) is 18.4. The number of carboxylic acid groups (broad SMARTS) is 1. The maximum absolute atomic E-state index is 12.6. The van der Waals surface area contributed by atoms with Gasteiger partial charge in [0.25, 0.3) is 0 Å². The van der Waals surface area contributed by atoms with Crippen molar-refractivity contribution in [2.45, 2.75) is 116 Å². The zero-order valence-corrected chi connectivity index (χ0v) is 18.4. The molecule has 5 nitrogen and oxygen atoms in total. The summed E-state index contributed by atoms with van der Waals surface area (Å²) < 4.78 is 0. The molecule has 1 rings (SSSR count). The van der Waals surface area contributed by atoms with Crippen molar-refractivity contribution in [2.24, 2.45) is 11.8 Å². The summed E-state index contributed by atoms with van der Waals surface area (Å²) in [7, 11) is 0. The number of aliphatic carboxylic acids is 1. The Kier molecular flexibility index (Phi) is 12.4. The highest BCUT2D eigenvalue weighted by molar-refractivity contribution is 5.77. The summed E-state index contributed by atoms with van der Waals surface area (Å²) in [5.74, 6) is 0.293. The quantitative estimate of drug-likeness (QED) is 0.381. The molecule has 0 aromatic heterocycles. The van der Waals surface area contributed by atoms with Crippen LogP contribution in [0.25, 0.3) is 0 Å². The van der Waals surface area contributed by atoms with Crippen molar-refractivity contribution in [1.82, 2.24) is 4.90 Å². The van der Waals surface area contributed by atoms with Crippen LogP contribution in [0.1, 0.15) is 104 Å². The number of hydrogen-bond donors (Lipinski definition) is 2. The highest BCUT2D eigenvalue weighted by Gasteiger charge is 2.33. The van der Waals surface area contributed by atoms with Crippen molar-refractivity contribution in [3.05, 3.63) is 0 Å². The monoisotopic (exact) mass is 397 g/mol. The summed E-state index contributed by atoms with van der Waals surface area (Å²) in [6.45, 7) is 7.35. The zero-order chi connectivity index (χ0) is 20.9. The summed E-state index contributed by atoms with van der Waals surface area (Å²) in [4.78, 5) is 25.3. The molecule has 1 fully saturated rings. The molecule has 1 unspecified atom stereocenters. The maximum atomic E-state index is 12.6. The van der Waals surface area contributed by atoms with Gasteiger partial charge in [-0.2, -0.15) is 0 Å². The standard InChI is InChI=1S/C23H43NO4/c1-4-5-7-12-20(25)16-19(3)21-13-10-14-22(26)24(21)17-18(2)11-8-6-9-15-23(27)28/h18-21,25H,4-17H2,1-3H3,(H,27,28)/t18-,19+,20?,21-/m1/s1. The molecule has 1 amide bonds. The topological polar surface area (TPSA) is 77.8 Å². The van der Waals surface area contributed by atoms with Crippen LogP contribution in [0, 0.1) is 11.8 Å². The van der Waals surface area contributed by atoms with Gasteiger partial charge >= 0.3 is 5.97 Å². The molecular formula is C23H43NO4. The Morgan fingerprint density at radius 1 is 1.14 bits per heavy atom. The molecule has 0 aliphatic carbocycles. The van der Waals surface area contributed by atoms with Crippen molar-refractivity contribution in [3.8, 4) is 0 Å². The molecule has 0 radical (unpaired) electrons. The number of aliphatic hydroxyl groups excluding tert-OH is 1. The van der Waals surface area contributed by atoms with Gasteiger partial charge in [0.1, 0.15) is 0 Å². The van der Waals surface area contributed by atoms with Gasteiger partial charge in [0.2, 0.25) is 5.91 Å². The molecule has 0 aromatic carbocycles. The smallest absolute Gasteiger partial charge is 0.303 e. The molecule has 0 aromatic rings. The number of amides is 1. The van der Waals surface area contributed by atoms with Crippen LogP contribution in [0.5, 0.6) is 0 Å². The van der Waals surface area contributed by atoms with Crippen LogP contribution in [0.4, 0.5) is 0 Å². The van der Waals surface area contributed by atoms with Gasteiger partial charge in [-0.3, -0.25) is 9.59 Å². The molecule has 1 aliphatic heterocycles. The second-order valence-electron chi connectivity index (χ2n) is 8.97. The first-order chi connectivity index (χ1) is 13.3. The second-order valence-corrected chi connectivity index (χ2v) is 8.97. The number of unbranched alkanes of at least 4 members (excludes halogenated alkanes) is 4. The van der Waals surface area contributed by atoms with Gasteiger partial charge < -0.3 is 15.1 Å². The van der Waals surface area contributed by atoms with Gasteiger partial charge in [0.15, 0.2) is 0 Å². The summed E-state index contributed by atoms with van der Waals surface area (Å²) in [5.41, 5.74) is 0. The summed E-state index contributed by atoms with van der Waals surface area (Å²) >= 11 is 0. The molecule has 28 heavy (non-hydrogen) atoms. The van der Waals surface area contributed by atoms with Crippen LogP contribution >= 0.6 is 0 Å². The molecule has 5 heteroatoms. The van der Waals surface area contributed by atoms with E-state index < -0.39 is 5.97 Å². The van der Waals surface area contributed by atoms with E-state index in [-0.39, 0.29) is 24.5 Å². The lowest BCUT2D eigenvalue weighted by Gasteiger charge is -2.41. The molecule has 1 aliphatic rings. The minimum absolute atomic E-state index is 0.247. The van der Waals surface area contributed by atoms with Gasteiger partial charge in [-0.05, 0) is 50.4 Å². The Bertz CT molecular complexity index is 454. The maximum Gasteiger partial charge on any atom is 0.303 e. The lowest BCUT2D eigenvalue weighted by Crippen LogP contribution is -2.49. The van der Waals surface area contributed by atoms with Crippen LogP contribution in [-0.4, -0.2) is 45.7 Å². The number of hydrogen-bond acceptors (Lipinski definition) is 3. The average Bonchev–Trinajstić information content (AvgIpc) is 2.63. The van der Waals surface area contributed by atoms with Crippen LogP contribution < -0.4 is 0 Å². The Morgan fingerprint density at radius 2 is 1.86 bits per heavy atom. The van der Waals surface area contributed by atoms with Gasteiger partial charge in [-0.25, -0.2) is 0 Å². The van der Waals surface area contributed by atoms with Crippen LogP contribution in [-0.2, 0) is 9.59 Å². The Hall–Kier alpha value is -1.10. The lowest BCUT2D eigenvalue weighted by atomic mass is 9.85. The van der Waals surface area contributed by atoms with E-state index in [2.05, 4.69) is 25.7 Å². The predicted molar refractivity (Wildman–Crippen MR) is 113 cm³/mol. The van der Waals surface area contributed by atoms with E-state index in [1.165, 1.54) is 12.8 Å². The number of likely N-dealkylation sites (tertiary alicyclic amines) is 1. The minimum atomic E-state index is -0.722. The summed E-state index contributed by atoms with van der Waals surface area (Å²) in [6, 6.07) is 0.247. The SMILES string of the molecule is CCCCCC(O)C[C@H](C)[C@H]1CCCC(=O)N1C[C@H](C)CCCCCC(=O)O.